The van der Waals surface area contributed by atoms with Gasteiger partial charge in [-0.25, -0.2) is 4.99 Å². The molecule has 0 unspecified atom stereocenters. The predicted octanol–water partition coefficient (Wildman–Crippen LogP) is 0.971. The maximum atomic E-state index is 11.6. The number of hydrogen-bond acceptors (Lipinski definition) is 3. The van der Waals surface area contributed by atoms with Gasteiger partial charge in [-0.05, 0) is 39.7 Å². The fraction of sp³-hybridized carbons (Fsp3) is 0.688. The molecule has 23 heavy (non-hydrogen) atoms. The highest BCUT2D eigenvalue weighted by Gasteiger charge is 2.03. The van der Waals surface area contributed by atoms with Gasteiger partial charge in [-0.15, -0.1) is 0 Å². The van der Waals surface area contributed by atoms with E-state index < -0.39 is 0 Å². The van der Waals surface area contributed by atoms with Crippen LogP contribution in [0.25, 0.3) is 0 Å². The van der Waals surface area contributed by atoms with Gasteiger partial charge in [0.1, 0.15) is 6.54 Å². The van der Waals surface area contributed by atoms with Gasteiger partial charge in [-0.3, -0.25) is 9.48 Å². The number of aromatic nitrogens is 2. The summed E-state index contributed by atoms with van der Waals surface area (Å²) < 4.78 is 2.01. The molecule has 1 aromatic heterocycles. The van der Waals surface area contributed by atoms with Crippen molar-refractivity contribution in [3.63, 3.8) is 0 Å². The van der Waals surface area contributed by atoms with Crippen LogP contribution in [0.1, 0.15) is 38.1 Å². The minimum atomic E-state index is -0.0494. The summed E-state index contributed by atoms with van der Waals surface area (Å²) >= 11 is 0. The second kappa shape index (κ2) is 10.6. The van der Waals surface area contributed by atoms with E-state index in [0.717, 1.165) is 38.2 Å². The zero-order valence-corrected chi connectivity index (χ0v) is 14.8. The van der Waals surface area contributed by atoms with Crippen molar-refractivity contribution in [2.24, 2.45) is 4.99 Å². The van der Waals surface area contributed by atoms with Crippen molar-refractivity contribution >= 4 is 11.9 Å². The van der Waals surface area contributed by atoms with Crippen LogP contribution in [0.4, 0.5) is 0 Å². The third-order valence-corrected chi connectivity index (χ3v) is 3.24. The van der Waals surface area contributed by atoms with Crippen LogP contribution in [0.15, 0.2) is 11.1 Å². The van der Waals surface area contributed by atoms with Crippen LogP contribution in [0.2, 0.25) is 0 Å². The van der Waals surface area contributed by atoms with E-state index in [1.807, 2.05) is 25.5 Å². The monoisotopic (exact) mass is 322 g/mol. The molecule has 0 fully saturated rings. The van der Waals surface area contributed by atoms with Gasteiger partial charge in [0.05, 0.1) is 5.69 Å². The SMILES string of the molecule is CCCNC(=O)CN=C(NCC)NCCCn1nc(C)cc1C. The van der Waals surface area contributed by atoms with Crippen molar-refractivity contribution in [3.05, 3.63) is 17.5 Å². The van der Waals surface area contributed by atoms with Crippen molar-refractivity contribution in [1.82, 2.24) is 25.7 Å². The third kappa shape index (κ3) is 7.67. The summed E-state index contributed by atoms with van der Waals surface area (Å²) in [5, 5.41) is 13.6. The molecule has 0 spiro atoms. The minimum Gasteiger partial charge on any atom is -0.357 e. The molecule has 0 atom stereocenters. The Morgan fingerprint density at radius 3 is 2.61 bits per heavy atom. The topological polar surface area (TPSA) is 83.3 Å². The van der Waals surface area contributed by atoms with Crippen molar-refractivity contribution in [3.8, 4) is 0 Å². The molecular formula is C16H30N6O. The normalized spacial score (nSPS) is 11.4. The first kappa shape index (κ1) is 19.0. The zero-order chi connectivity index (χ0) is 17.1. The Morgan fingerprint density at radius 1 is 1.22 bits per heavy atom. The molecule has 130 valence electrons. The van der Waals surface area contributed by atoms with Gasteiger partial charge in [0.25, 0.3) is 0 Å². The molecule has 0 aliphatic rings. The Morgan fingerprint density at radius 2 is 2.00 bits per heavy atom. The van der Waals surface area contributed by atoms with Gasteiger partial charge in [0, 0.05) is 31.9 Å². The summed E-state index contributed by atoms with van der Waals surface area (Å²) in [6.45, 7) is 11.3. The highest BCUT2D eigenvalue weighted by atomic mass is 16.1. The van der Waals surface area contributed by atoms with Crippen LogP contribution in [-0.2, 0) is 11.3 Å². The molecule has 1 amide bonds. The molecule has 0 radical (unpaired) electrons. The van der Waals surface area contributed by atoms with Gasteiger partial charge in [-0.1, -0.05) is 6.92 Å². The Balaban J connectivity index is 2.34. The van der Waals surface area contributed by atoms with Crippen LogP contribution in [0.5, 0.6) is 0 Å². The van der Waals surface area contributed by atoms with E-state index in [4.69, 9.17) is 0 Å². The van der Waals surface area contributed by atoms with Gasteiger partial charge < -0.3 is 16.0 Å². The smallest absolute Gasteiger partial charge is 0.241 e. The summed E-state index contributed by atoms with van der Waals surface area (Å²) in [4.78, 5) is 15.9. The van der Waals surface area contributed by atoms with Crippen LogP contribution < -0.4 is 16.0 Å². The number of aliphatic imine (C=N–C) groups is 1. The van der Waals surface area contributed by atoms with Crippen LogP contribution in [0.3, 0.4) is 0 Å². The number of amides is 1. The minimum absolute atomic E-state index is 0.0494. The van der Waals surface area contributed by atoms with Crippen LogP contribution in [-0.4, -0.2) is 47.8 Å². The zero-order valence-electron chi connectivity index (χ0n) is 14.8. The van der Waals surface area contributed by atoms with Gasteiger partial charge in [-0.2, -0.15) is 5.10 Å². The molecule has 7 nitrogen and oxygen atoms in total. The van der Waals surface area contributed by atoms with Crippen molar-refractivity contribution in [2.75, 3.05) is 26.2 Å². The summed E-state index contributed by atoms with van der Waals surface area (Å²) in [6, 6.07) is 2.08. The average molecular weight is 322 g/mol. The lowest BCUT2D eigenvalue weighted by molar-refractivity contribution is -0.119. The van der Waals surface area contributed by atoms with Crippen molar-refractivity contribution in [1.29, 1.82) is 0 Å². The summed E-state index contributed by atoms with van der Waals surface area (Å²) in [5.74, 6) is 0.624. The number of carbonyl (C=O) groups is 1. The van der Waals surface area contributed by atoms with E-state index in [9.17, 15) is 4.79 Å². The number of aryl methyl sites for hydroxylation is 3. The highest BCUT2D eigenvalue weighted by Crippen LogP contribution is 2.02. The van der Waals surface area contributed by atoms with E-state index in [0.29, 0.717) is 12.5 Å². The maximum Gasteiger partial charge on any atom is 0.241 e. The van der Waals surface area contributed by atoms with E-state index in [1.165, 1.54) is 5.69 Å². The van der Waals surface area contributed by atoms with Crippen LogP contribution in [0, 0.1) is 13.8 Å². The van der Waals surface area contributed by atoms with E-state index in [-0.39, 0.29) is 12.5 Å². The molecule has 0 aliphatic carbocycles. The maximum absolute atomic E-state index is 11.6. The lowest BCUT2D eigenvalue weighted by Gasteiger charge is -2.11. The first-order valence-electron chi connectivity index (χ1n) is 8.36. The second-order valence-electron chi connectivity index (χ2n) is 5.48. The van der Waals surface area contributed by atoms with Crippen molar-refractivity contribution in [2.45, 2.75) is 47.1 Å². The number of hydrogen-bond donors (Lipinski definition) is 3. The molecule has 1 rings (SSSR count). The molecule has 1 heterocycles. The molecular weight excluding hydrogens is 292 g/mol. The average Bonchev–Trinajstić information content (AvgIpc) is 2.84. The summed E-state index contributed by atoms with van der Waals surface area (Å²) in [6.07, 6.45) is 1.87. The van der Waals surface area contributed by atoms with Gasteiger partial charge in [0.15, 0.2) is 5.96 Å². The number of nitrogens with zero attached hydrogens (tertiary/aromatic N) is 3. The number of guanidine groups is 1. The Kier molecular flexibility index (Phi) is 8.79. The lowest BCUT2D eigenvalue weighted by Crippen LogP contribution is -2.39. The molecule has 0 aromatic carbocycles. The van der Waals surface area contributed by atoms with E-state index >= 15 is 0 Å². The fourth-order valence-corrected chi connectivity index (χ4v) is 2.15. The second-order valence-corrected chi connectivity index (χ2v) is 5.48. The van der Waals surface area contributed by atoms with Crippen LogP contribution >= 0.6 is 0 Å². The fourth-order valence-electron chi connectivity index (χ4n) is 2.15. The number of nitrogens with one attached hydrogen (secondary N) is 3. The molecule has 0 bridgehead atoms. The quantitative estimate of drug-likeness (QED) is 0.359. The summed E-state index contributed by atoms with van der Waals surface area (Å²) in [7, 11) is 0. The molecule has 3 N–H and O–H groups in total. The Labute approximate surface area is 138 Å². The lowest BCUT2D eigenvalue weighted by atomic mass is 10.4. The first-order valence-corrected chi connectivity index (χ1v) is 8.36. The number of carbonyl (C=O) groups excluding carboxylic acids is 1. The predicted molar refractivity (Wildman–Crippen MR) is 93.6 cm³/mol. The standard InChI is InChI=1S/C16H30N6O/c1-5-8-18-15(23)12-20-16(17-6-2)19-9-7-10-22-14(4)11-13(3)21-22/h11H,5-10,12H2,1-4H3,(H,18,23)(H2,17,19,20). The number of rotatable bonds is 9. The molecule has 1 aromatic rings. The molecule has 0 aliphatic heterocycles. The third-order valence-electron chi connectivity index (χ3n) is 3.24. The van der Waals surface area contributed by atoms with Gasteiger partial charge >= 0.3 is 0 Å². The summed E-state index contributed by atoms with van der Waals surface area (Å²) in [5.41, 5.74) is 2.22. The van der Waals surface area contributed by atoms with E-state index in [1.54, 1.807) is 0 Å². The Bertz CT molecular complexity index is 509. The highest BCUT2D eigenvalue weighted by molar-refractivity contribution is 5.84. The molecule has 7 heteroatoms. The Hall–Kier alpha value is -2.05. The largest absolute Gasteiger partial charge is 0.357 e. The van der Waals surface area contributed by atoms with Gasteiger partial charge in [0.2, 0.25) is 5.91 Å². The van der Waals surface area contributed by atoms with Crippen molar-refractivity contribution < 1.29 is 4.79 Å². The molecule has 0 saturated heterocycles. The van der Waals surface area contributed by atoms with E-state index in [2.05, 4.69) is 39.0 Å². The molecule has 0 saturated carbocycles. The first-order chi connectivity index (χ1) is 11.1.